The van der Waals surface area contributed by atoms with Gasteiger partial charge in [0.1, 0.15) is 0 Å². The van der Waals surface area contributed by atoms with Gasteiger partial charge in [-0.25, -0.2) is 0 Å². The van der Waals surface area contributed by atoms with E-state index in [1.54, 1.807) is 0 Å². The first-order chi connectivity index (χ1) is 5.72. The lowest BCUT2D eigenvalue weighted by Crippen LogP contribution is -2.14. The first-order valence-electron chi connectivity index (χ1n) is 5.01. The fraction of sp³-hybridized carbons (Fsp3) is 0.900. The van der Waals surface area contributed by atoms with Gasteiger partial charge in [0.05, 0.1) is 5.84 Å². The summed E-state index contributed by atoms with van der Waals surface area (Å²) in [4.78, 5) is 4.39. The molecule has 1 saturated carbocycles. The summed E-state index contributed by atoms with van der Waals surface area (Å²) >= 11 is 0. The van der Waals surface area contributed by atoms with E-state index in [-0.39, 0.29) is 0 Å². The molecule has 0 aliphatic heterocycles. The van der Waals surface area contributed by atoms with Crippen molar-refractivity contribution in [2.45, 2.75) is 46.0 Å². The predicted molar refractivity (Wildman–Crippen MR) is 53.4 cm³/mol. The summed E-state index contributed by atoms with van der Waals surface area (Å²) in [6.45, 7) is 5.27. The molecule has 12 heavy (non-hydrogen) atoms. The zero-order valence-corrected chi connectivity index (χ0v) is 8.27. The summed E-state index contributed by atoms with van der Waals surface area (Å²) in [6, 6.07) is 0. The summed E-state index contributed by atoms with van der Waals surface area (Å²) in [5, 5.41) is 0. The van der Waals surface area contributed by atoms with Crippen LogP contribution < -0.4 is 5.73 Å². The Balaban J connectivity index is 2.30. The van der Waals surface area contributed by atoms with Crippen molar-refractivity contribution < 1.29 is 0 Å². The Labute approximate surface area is 75.3 Å². The van der Waals surface area contributed by atoms with Crippen molar-refractivity contribution in [1.29, 1.82) is 0 Å². The molecule has 0 aromatic rings. The van der Waals surface area contributed by atoms with Crippen molar-refractivity contribution in [2.75, 3.05) is 6.54 Å². The Morgan fingerprint density at radius 3 is 2.50 bits per heavy atom. The number of nitrogens with zero attached hydrogens (tertiary/aromatic N) is 1. The van der Waals surface area contributed by atoms with Crippen LogP contribution in [-0.4, -0.2) is 12.4 Å². The van der Waals surface area contributed by atoms with Crippen LogP contribution in [0, 0.1) is 5.41 Å². The lowest BCUT2D eigenvalue weighted by atomic mass is 10.0. The molecule has 1 aliphatic carbocycles. The maximum atomic E-state index is 5.65. The van der Waals surface area contributed by atoms with Crippen LogP contribution in [0.2, 0.25) is 0 Å². The van der Waals surface area contributed by atoms with Crippen LogP contribution >= 0.6 is 0 Å². The maximum Gasteiger partial charge on any atom is 0.0934 e. The predicted octanol–water partition coefficient (Wildman–Crippen LogP) is 2.33. The van der Waals surface area contributed by atoms with E-state index in [1.807, 2.05) is 0 Å². The molecule has 0 amide bonds. The standard InChI is InChI=1S/C10H20N2/c1-3-5-10(6-7-10)8-12-9(11)4-2/h3-8H2,1-2H3,(H2,11,12). The smallest absolute Gasteiger partial charge is 0.0934 e. The number of aliphatic imine (C=N–C) groups is 1. The van der Waals surface area contributed by atoms with E-state index in [2.05, 4.69) is 18.8 Å². The molecular formula is C10H20N2. The SMILES string of the molecule is CCCC1(CN=C(N)CC)CC1. The molecule has 2 N–H and O–H groups in total. The number of amidine groups is 1. The Kier molecular flexibility index (Phi) is 3.12. The number of hydrogen-bond acceptors (Lipinski definition) is 1. The maximum absolute atomic E-state index is 5.65. The van der Waals surface area contributed by atoms with E-state index in [4.69, 9.17) is 5.73 Å². The Hall–Kier alpha value is -0.530. The van der Waals surface area contributed by atoms with Gasteiger partial charge in [0.25, 0.3) is 0 Å². The Bertz CT molecular complexity index is 169. The summed E-state index contributed by atoms with van der Waals surface area (Å²) in [5.74, 6) is 0.817. The average molecular weight is 168 g/mol. The molecule has 0 unspecified atom stereocenters. The van der Waals surface area contributed by atoms with Crippen LogP contribution in [0.4, 0.5) is 0 Å². The van der Waals surface area contributed by atoms with Crippen molar-refractivity contribution >= 4 is 5.84 Å². The Morgan fingerprint density at radius 1 is 1.42 bits per heavy atom. The molecule has 1 rings (SSSR count). The molecule has 0 radical (unpaired) electrons. The van der Waals surface area contributed by atoms with Crippen molar-refractivity contribution in [3.05, 3.63) is 0 Å². The minimum Gasteiger partial charge on any atom is -0.387 e. The molecule has 0 spiro atoms. The molecule has 1 fully saturated rings. The van der Waals surface area contributed by atoms with E-state index in [0.29, 0.717) is 5.41 Å². The summed E-state index contributed by atoms with van der Waals surface area (Å²) in [7, 11) is 0. The van der Waals surface area contributed by atoms with Crippen molar-refractivity contribution in [2.24, 2.45) is 16.1 Å². The molecular weight excluding hydrogens is 148 g/mol. The van der Waals surface area contributed by atoms with Crippen molar-refractivity contribution in [3.8, 4) is 0 Å². The lowest BCUT2D eigenvalue weighted by molar-refractivity contribution is 0.472. The summed E-state index contributed by atoms with van der Waals surface area (Å²) in [5.41, 5.74) is 6.22. The van der Waals surface area contributed by atoms with Crippen LogP contribution in [0.3, 0.4) is 0 Å². The number of hydrogen-bond donors (Lipinski definition) is 1. The highest BCUT2D eigenvalue weighted by Gasteiger charge is 2.41. The second-order valence-electron chi connectivity index (χ2n) is 3.91. The molecule has 2 heteroatoms. The topological polar surface area (TPSA) is 38.4 Å². The molecule has 0 aromatic heterocycles. The third kappa shape index (κ3) is 2.50. The van der Waals surface area contributed by atoms with Gasteiger partial charge in [0.2, 0.25) is 0 Å². The van der Waals surface area contributed by atoms with Gasteiger partial charge < -0.3 is 5.73 Å². The van der Waals surface area contributed by atoms with Gasteiger partial charge >= 0.3 is 0 Å². The third-order valence-electron chi connectivity index (χ3n) is 2.72. The minimum absolute atomic E-state index is 0.564. The van der Waals surface area contributed by atoms with E-state index in [0.717, 1.165) is 18.8 Å². The monoisotopic (exact) mass is 168 g/mol. The van der Waals surface area contributed by atoms with Gasteiger partial charge in [0.15, 0.2) is 0 Å². The summed E-state index contributed by atoms with van der Waals surface area (Å²) < 4.78 is 0. The normalized spacial score (nSPS) is 21.0. The first kappa shape index (κ1) is 9.56. The Morgan fingerprint density at radius 2 is 2.08 bits per heavy atom. The molecule has 2 nitrogen and oxygen atoms in total. The molecule has 0 aromatic carbocycles. The van der Waals surface area contributed by atoms with Crippen LogP contribution in [0.15, 0.2) is 4.99 Å². The van der Waals surface area contributed by atoms with Gasteiger partial charge in [-0.1, -0.05) is 20.3 Å². The molecule has 1 aliphatic rings. The van der Waals surface area contributed by atoms with Gasteiger partial charge in [-0.3, -0.25) is 4.99 Å². The fourth-order valence-electron chi connectivity index (χ4n) is 1.58. The van der Waals surface area contributed by atoms with Crippen LogP contribution in [-0.2, 0) is 0 Å². The van der Waals surface area contributed by atoms with Crippen molar-refractivity contribution in [1.82, 2.24) is 0 Å². The zero-order valence-electron chi connectivity index (χ0n) is 8.27. The van der Waals surface area contributed by atoms with E-state index >= 15 is 0 Å². The summed E-state index contributed by atoms with van der Waals surface area (Å²) in [6.07, 6.45) is 6.22. The van der Waals surface area contributed by atoms with E-state index in [9.17, 15) is 0 Å². The molecule has 70 valence electrons. The highest BCUT2D eigenvalue weighted by Crippen LogP contribution is 2.49. The zero-order chi connectivity index (χ0) is 9.03. The van der Waals surface area contributed by atoms with Crippen LogP contribution in [0.25, 0.3) is 0 Å². The number of nitrogens with two attached hydrogens (primary N) is 1. The van der Waals surface area contributed by atoms with E-state index in [1.165, 1.54) is 25.7 Å². The largest absolute Gasteiger partial charge is 0.387 e. The molecule has 0 atom stereocenters. The average Bonchev–Trinajstić information content (AvgIpc) is 2.82. The van der Waals surface area contributed by atoms with Gasteiger partial charge in [-0.15, -0.1) is 0 Å². The molecule has 0 saturated heterocycles. The van der Waals surface area contributed by atoms with E-state index < -0.39 is 0 Å². The number of rotatable bonds is 5. The fourth-order valence-corrected chi connectivity index (χ4v) is 1.58. The second-order valence-corrected chi connectivity index (χ2v) is 3.91. The van der Waals surface area contributed by atoms with Crippen LogP contribution in [0.1, 0.15) is 46.0 Å². The minimum atomic E-state index is 0.564. The van der Waals surface area contributed by atoms with Gasteiger partial charge in [-0.2, -0.15) is 0 Å². The van der Waals surface area contributed by atoms with Gasteiger partial charge in [-0.05, 0) is 24.7 Å². The first-order valence-corrected chi connectivity index (χ1v) is 5.01. The highest BCUT2D eigenvalue weighted by molar-refractivity contribution is 5.79. The van der Waals surface area contributed by atoms with Crippen LogP contribution in [0.5, 0.6) is 0 Å². The lowest BCUT2D eigenvalue weighted by Gasteiger charge is -2.10. The second kappa shape index (κ2) is 3.92. The molecule has 0 bridgehead atoms. The highest BCUT2D eigenvalue weighted by atomic mass is 14.9. The molecule has 0 heterocycles. The quantitative estimate of drug-likeness (QED) is 0.496. The third-order valence-corrected chi connectivity index (χ3v) is 2.72. The van der Waals surface area contributed by atoms with Crippen molar-refractivity contribution in [3.63, 3.8) is 0 Å². The van der Waals surface area contributed by atoms with Gasteiger partial charge in [0, 0.05) is 13.0 Å².